The summed E-state index contributed by atoms with van der Waals surface area (Å²) >= 11 is 0. The highest BCUT2D eigenvalue weighted by molar-refractivity contribution is 5.75. The third-order valence-corrected chi connectivity index (χ3v) is 2.04. The Hall–Kier alpha value is -0.650. The molecule has 0 aromatic heterocycles. The number of hydrogen-bond acceptors (Lipinski definition) is 5. The SMILES string of the molecule is CNC(CCCCNCO)C(=O)OC. The number of rotatable bonds is 8. The van der Waals surface area contributed by atoms with E-state index in [4.69, 9.17) is 5.11 Å². The lowest BCUT2D eigenvalue weighted by molar-refractivity contribution is -0.143. The number of unbranched alkanes of at least 4 members (excludes halogenated alkanes) is 1. The van der Waals surface area contributed by atoms with Crippen molar-refractivity contribution >= 4 is 5.97 Å². The summed E-state index contributed by atoms with van der Waals surface area (Å²) in [5.41, 5.74) is 0. The third kappa shape index (κ3) is 5.90. The van der Waals surface area contributed by atoms with Crippen molar-refractivity contribution in [1.29, 1.82) is 0 Å². The van der Waals surface area contributed by atoms with Crippen LogP contribution in [0, 0.1) is 0 Å². The highest BCUT2D eigenvalue weighted by atomic mass is 16.5. The fourth-order valence-electron chi connectivity index (χ4n) is 1.20. The highest BCUT2D eigenvalue weighted by Gasteiger charge is 2.15. The van der Waals surface area contributed by atoms with Gasteiger partial charge in [-0.1, -0.05) is 6.42 Å². The minimum atomic E-state index is -0.220. The van der Waals surface area contributed by atoms with Crippen molar-refractivity contribution in [2.45, 2.75) is 25.3 Å². The average molecular weight is 204 g/mol. The van der Waals surface area contributed by atoms with Gasteiger partial charge in [-0.05, 0) is 26.4 Å². The summed E-state index contributed by atoms with van der Waals surface area (Å²) in [5.74, 6) is -0.220. The number of carbonyl (C=O) groups excluding carboxylic acids is 1. The van der Waals surface area contributed by atoms with Crippen LogP contribution < -0.4 is 10.6 Å². The van der Waals surface area contributed by atoms with Crippen LogP contribution in [0.15, 0.2) is 0 Å². The first-order valence-electron chi connectivity index (χ1n) is 4.83. The van der Waals surface area contributed by atoms with E-state index in [0.29, 0.717) is 0 Å². The summed E-state index contributed by atoms with van der Waals surface area (Å²) in [6.45, 7) is 0.778. The maximum Gasteiger partial charge on any atom is 0.322 e. The Balaban J connectivity index is 3.48. The second-order valence-corrected chi connectivity index (χ2v) is 3.02. The molecule has 0 heterocycles. The number of nitrogens with one attached hydrogen (secondary N) is 2. The molecule has 0 spiro atoms. The fourth-order valence-corrected chi connectivity index (χ4v) is 1.20. The van der Waals surface area contributed by atoms with Crippen molar-refractivity contribution in [3.05, 3.63) is 0 Å². The van der Waals surface area contributed by atoms with Crippen LogP contribution in [0.4, 0.5) is 0 Å². The van der Waals surface area contributed by atoms with Crippen LogP contribution in [0.1, 0.15) is 19.3 Å². The molecule has 0 saturated heterocycles. The van der Waals surface area contributed by atoms with Crippen LogP contribution in [0.5, 0.6) is 0 Å². The molecule has 3 N–H and O–H groups in total. The van der Waals surface area contributed by atoms with Gasteiger partial charge in [-0.15, -0.1) is 0 Å². The minimum absolute atomic E-state index is 0.00641. The molecule has 84 valence electrons. The van der Waals surface area contributed by atoms with Gasteiger partial charge in [-0.2, -0.15) is 0 Å². The number of aliphatic hydroxyl groups is 1. The monoisotopic (exact) mass is 204 g/mol. The maximum atomic E-state index is 11.1. The van der Waals surface area contributed by atoms with Gasteiger partial charge in [0.1, 0.15) is 6.04 Å². The molecular weight excluding hydrogens is 184 g/mol. The van der Waals surface area contributed by atoms with Crippen molar-refractivity contribution in [2.75, 3.05) is 27.4 Å². The summed E-state index contributed by atoms with van der Waals surface area (Å²) in [7, 11) is 3.13. The minimum Gasteiger partial charge on any atom is -0.468 e. The lowest BCUT2D eigenvalue weighted by atomic mass is 10.1. The molecule has 0 aliphatic rings. The molecule has 5 heteroatoms. The van der Waals surface area contributed by atoms with Gasteiger partial charge in [0, 0.05) is 0 Å². The first-order chi connectivity index (χ1) is 6.76. The molecule has 5 nitrogen and oxygen atoms in total. The molecule has 0 rings (SSSR count). The topological polar surface area (TPSA) is 70.6 Å². The number of likely N-dealkylation sites (N-methyl/N-ethyl adjacent to an activating group) is 1. The predicted molar refractivity (Wildman–Crippen MR) is 53.8 cm³/mol. The van der Waals surface area contributed by atoms with E-state index in [1.807, 2.05) is 0 Å². The Kier molecular flexibility index (Phi) is 8.51. The molecule has 0 bridgehead atoms. The molecule has 0 saturated carbocycles. The Morgan fingerprint density at radius 2 is 2.21 bits per heavy atom. The standard InChI is InChI=1S/C9H20N2O3/c1-10-8(9(13)14-2)5-3-4-6-11-7-12/h8,10-12H,3-7H2,1-2H3. The maximum absolute atomic E-state index is 11.1. The Bertz CT molecular complexity index is 153. The van der Waals surface area contributed by atoms with Gasteiger partial charge in [0.15, 0.2) is 0 Å². The van der Waals surface area contributed by atoms with Gasteiger partial charge < -0.3 is 15.2 Å². The van der Waals surface area contributed by atoms with E-state index in [0.717, 1.165) is 25.8 Å². The molecule has 0 aliphatic heterocycles. The lowest BCUT2D eigenvalue weighted by Gasteiger charge is -2.12. The molecule has 0 aromatic rings. The highest BCUT2D eigenvalue weighted by Crippen LogP contribution is 2.01. The van der Waals surface area contributed by atoms with Crippen LogP contribution in [-0.4, -0.2) is 44.6 Å². The van der Waals surface area contributed by atoms with Gasteiger partial charge >= 0.3 is 5.97 Å². The number of aliphatic hydroxyl groups excluding tert-OH is 1. The van der Waals surface area contributed by atoms with E-state index < -0.39 is 0 Å². The molecule has 0 aromatic carbocycles. The Labute approximate surface area is 84.8 Å². The molecule has 1 unspecified atom stereocenters. The summed E-state index contributed by atoms with van der Waals surface area (Å²) in [5, 5.41) is 14.2. The number of ether oxygens (including phenoxy) is 1. The van der Waals surface area contributed by atoms with E-state index in [1.54, 1.807) is 7.05 Å². The van der Waals surface area contributed by atoms with Gasteiger partial charge in [-0.3, -0.25) is 10.1 Å². The van der Waals surface area contributed by atoms with Gasteiger partial charge in [0.05, 0.1) is 13.8 Å². The normalized spacial score (nSPS) is 12.5. The fraction of sp³-hybridized carbons (Fsp3) is 0.889. The second kappa shape index (κ2) is 8.93. The van der Waals surface area contributed by atoms with E-state index >= 15 is 0 Å². The van der Waals surface area contributed by atoms with Crippen LogP contribution >= 0.6 is 0 Å². The molecule has 14 heavy (non-hydrogen) atoms. The molecular formula is C9H20N2O3. The number of methoxy groups -OCH3 is 1. The smallest absolute Gasteiger partial charge is 0.322 e. The number of esters is 1. The Morgan fingerprint density at radius 3 is 2.71 bits per heavy atom. The summed E-state index contributed by atoms with van der Waals surface area (Å²) < 4.78 is 4.62. The van der Waals surface area contributed by atoms with E-state index in [2.05, 4.69) is 15.4 Å². The summed E-state index contributed by atoms with van der Waals surface area (Å²) in [6, 6.07) is -0.214. The van der Waals surface area contributed by atoms with E-state index in [1.165, 1.54) is 7.11 Å². The van der Waals surface area contributed by atoms with Crippen molar-refractivity contribution in [3.63, 3.8) is 0 Å². The molecule has 0 amide bonds. The first kappa shape index (κ1) is 13.4. The third-order valence-electron chi connectivity index (χ3n) is 2.04. The summed E-state index contributed by atoms with van der Waals surface area (Å²) in [4.78, 5) is 11.1. The van der Waals surface area contributed by atoms with Gasteiger partial charge in [0.2, 0.25) is 0 Å². The lowest BCUT2D eigenvalue weighted by Crippen LogP contribution is -2.35. The van der Waals surface area contributed by atoms with Gasteiger partial charge in [0.25, 0.3) is 0 Å². The van der Waals surface area contributed by atoms with Crippen LogP contribution in [-0.2, 0) is 9.53 Å². The van der Waals surface area contributed by atoms with Gasteiger partial charge in [-0.25, -0.2) is 0 Å². The van der Waals surface area contributed by atoms with Crippen LogP contribution in [0.3, 0.4) is 0 Å². The van der Waals surface area contributed by atoms with Crippen molar-refractivity contribution in [3.8, 4) is 0 Å². The largest absolute Gasteiger partial charge is 0.468 e. The van der Waals surface area contributed by atoms with Crippen molar-refractivity contribution in [1.82, 2.24) is 10.6 Å². The van der Waals surface area contributed by atoms with Crippen molar-refractivity contribution in [2.24, 2.45) is 0 Å². The van der Waals surface area contributed by atoms with Crippen LogP contribution in [0.2, 0.25) is 0 Å². The average Bonchev–Trinajstić information content (AvgIpc) is 2.22. The Morgan fingerprint density at radius 1 is 1.50 bits per heavy atom. The number of hydrogen-bond donors (Lipinski definition) is 3. The quantitative estimate of drug-likeness (QED) is 0.281. The molecule has 0 aliphatic carbocycles. The molecule has 0 fully saturated rings. The summed E-state index contributed by atoms with van der Waals surface area (Å²) in [6.07, 6.45) is 2.62. The zero-order valence-corrected chi connectivity index (χ0v) is 8.88. The zero-order chi connectivity index (χ0) is 10.8. The van der Waals surface area contributed by atoms with E-state index in [-0.39, 0.29) is 18.7 Å². The first-order valence-corrected chi connectivity index (χ1v) is 4.83. The predicted octanol–water partition coefficient (Wildman–Crippen LogP) is -0.543. The van der Waals surface area contributed by atoms with Crippen molar-refractivity contribution < 1.29 is 14.6 Å². The zero-order valence-electron chi connectivity index (χ0n) is 8.88. The molecule has 0 radical (unpaired) electrons. The van der Waals surface area contributed by atoms with Crippen LogP contribution in [0.25, 0.3) is 0 Å². The van der Waals surface area contributed by atoms with E-state index in [9.17, 15) is 4.79 Å². The number of carbonyl (C=O) groups is 1. The second-order valence-electron chi connectivity index (χ2n) is 3.02. The molecule has 1 atom stereocenters.